The Labute approximate surface area is 107 Å². The van der Waals surface area contributed by atoms with E-state index in [2.05, 4.69) is 6.92 Å². The number of rotatable bonds is 1. The maximum Gasteiger partial charge on any atom is 0.0642 e. The Morgan fingerprint density at radius 1 is 1.31 bits per heavy atom. The Morgan fingerprint density at radius 3 is 2.75 bits per heavy atom. The first kappa shape index (κ1) is 12.2. The summed E-state index contributed by atoms with van der Waals surface area (Å²) in [6.45, 7) is 2.20. The van der Waals surface area contributed by atoms with Crippen LogP contribution < -0.4 is 5.73 Å². The SMILES string of the molecule is CC1CCCCC1(N)c1cccc(Cl)c1Cl. The largest absolute Gasteiger partial charge is 0.321 e. The van der Waals surface area contributed by atoms with Gasteiger partial charge in [0.2, 0.25) is 0 Å². The van der Waals surface area contributed by atoms with Crippen LogP contribution in [0.1, 0.15) is 38.2 Å². The summed E-state index contributed by atoms with van der Waals surface area (Å²) in [6, 6.07) is 5.75. The fraction of sp³-hybridized carbons (Fsp3) is 0.538. The Balaban J connectivity index is 2.45. The molecule has 2 unspecified atom stereocenters. The van der Waals surface area contributed by atoms with Crippen LogP contribution in [0.2, 0.25) is 10.0 Å². The zero-order valence-corrected chi connectivity index (χ0v) is 11.0. The minimum atomic E-state index is -0.305. The van der Waals surface area contributed by atoms with Gasteiger partial charge < -0.3 is 5.73 Å². The van der Waals surface area contributed by atoms with Crippen molar-refractivity contribution in [1.29, 1.82) is 0 Å². The van der Waals surface area contributed by atoms with Crippen molar-refractivity contribution in [2.24, 2.45) is 11.7 Å². The van der Waals surface area contributed by atoms with Gasteiger partial charge in [0.25, 0.3) is 0 Å². The molecule has 3 heteroatoms. The van der Waals surface area contributed by atoms with Crippen LogP contribution in [0.5, 0.6) is 0 Å². The van der Waals surface area contributed by atoms with E-state index in [1.54, 1.807) is 0 Å². The van der Waals surface area contributed by atoms with Gasteiger partial charge in [0.1, 0.15) is 0 Å². The van der Waals surface area contributed by atoms with Crippen LogP contribution in [0.3, 0.4) is 0 Å². The van der Waals surface area contributed by atoms with Crippen LogP contribution in [0, 0.1) is 5.92 Å². The van der Waals surface area contributed by atoms with E-state index in [-0.39, 0.29) is 5.54 Å². The second kappa shape index (κ2) is 4.56. The van der Waals surface area contributed by atoms with E-state index in [0.29, 0.717) is 16.0 Å². The molecule has 1 saturated carbocycles. The molecule has 2 rings (SSSR count). The van der Waals surface area contributed by atoms with E-state index in [9.17, 15) is 0 Å². The number of benzene rings is 1. The molecule has 1 aliphatic rings. The van der Waals surface area contributed by atoms with Crippen LogP contribution in [-0.4, -0.2) is 0 Å². The van der Waals surface area contributed by atoms with E-state index in [1.807, 2.05) is 18.2 Å². The molecular weight excluding hydrogens is 241 g/mol. The van der Waals surface area contributed by atoms with Crippen molar-refractivity contribution in [2.75, 3.05) is 0 Å². The predicted molar refractivity (Wildman–Crippen MR) is 70.0 cm³/mol. The number of hydrogen-bond donors (Lipinski definition) is 1. The second-order valence-corrected chi connectivity index (χ2v) is 5.57. The molecule has 16 heavy (non-hydrogen) atoms. The summed E-state index contributed by atoms with van der Waals surface area (Å²) in [4.78, 5) is 0. The quantitative estimate of drug-likeness (QED) is 0.795. The Bertz CT molecular complexity index is 392. The lowest BCUT2D eigenvalue weighted by Crippen LogP contribution is -2.45. The minimum Gasteiger partial charge on any atom is -0.321 e. The van der Waals surface area contributed by atoms with E-state index in [0.717, 1.165) is 12.0 Å². The van der Waals surface area contributed by atoms with E-state index in [1.165, 1.54) is 19.3 Å². The van der Waals surface area contributed by atoms with Crippen LogP contribution in [0.15, 0.2) is 18.2 Å². The zero-order chi connectivity index (χ0) is 11.8. The summed E-state index contributed by atoms with van der Waals surface area (Å²) in [5, 5.41) is 1.22. The van der Waals surface area contributed by atoms with Crippen molar-refractivity contribution in [3.05, 3.63) is 33.8 Å². The van der Waals surface area contributed by atoms with Gasteiger partial charge in [0.05, 0.1) is 10.0 Å². The van der Waals surface area contributed by atoms with Crippen molar-refractivity contribution >= 4 is 23.2 Å². The second-order valence-electron chi connectivity index (χ2n) is 4.79. The van der Waals surface area contributed by atoms with Crippen LogP contribution >= 0.6 is 23.2 Å². The van der Waals surface area contributed by atoms with Crippen LogP contribution in [0.25, 0.3) is 0 Å². The average Bonchev–Trinajstić information content (AvgIpc) is 2.26. The molecule has 88 valence electrons. The third kappa shape index (κ3) is 1.97. The lowest BCUT2D eigenvalue weighted by Gasteiger charge is -2.40. The van der Waals surface area contributed by atoms with E-state index < -0.39 is 0 Å². The van der Waals surface area contributed by atoms with Gasteiger partial charge in [-0.25, -0.2) is 0 Å². The molecular formula is C13H17Cl2N. The molecule has 2 N–H and O–H groups in total. The van der Waals surface area contributed by atoms with Gasteiger partial charge in [-0.1, -0.05) is 55.1 Å². The van der Waals surface area contributed by atoms with Crippen molar-refractivity contribution in [3.63, 3.8) is 0 Å². The predicted octanol–water partition coefficient (Wildman–Crippen LogP) is 4.36. The molecule has 1 aliphatic carbocycles. The molecule has 2 atom stereocenters. The molecule has 1 nitrogen and oxygen atoms in total. The summed E-state index contributed by atoms with van der Waals surface area (Å²) in [7, 11) is 0. The first-order valence-electron chi connectivity index (χ1n) is 5.79. The third-order valence-electron chi connectivity index (χ3n) is 3.81. The van der Waals surface area contributed by atoms with Crippen molar-refractivity contribution in [2.45, 2.75) is 38.1 Å². The van der Waals surface area contributed by atoms with Crippen molar-refractivity contribution in [3.8, 4) is 0 Å². The van der Waals surface area contributed by atoms with Crippen LogP contribution in [-0.2, 0) is 5.54 Å². The Hall–Kier alpha value is -0.240. The molecule has 0 aliphatic heterocycles. The summed E-state index contributed by atoms with van der Waals surface area (Å²) in [6.07, 6.45) is 4.59. The van der Waals surface area contributed by atoms with Crippen molar-refractivity contribution in [1.82, 2.24) is 0 Å². The monoisotopic (exact) mass is 257 g/mol. The molecule has 0 saturated heterocycles. The topological polar surface area (TPSA) is 26.0 Å². The van der Waals surface area contributed by atoms with Gasteiger partial charge in [-0.2, -0.15) is 0 Å². The fourth-order valence-corrected chi connectivity index (χ4v) is 3.11. The summed E-state index contributed by atoms with van der Waals surface area (Å²) < 4.78 is 0. The van der Waals surface area contributed by atoms with Gasteiger partial charge in [-0.15, -0.1) is 0 Å². The zero-order valence-electron chi connectivity index (χ0n) is 9.47. The normalized spacial score (nSPS) is 30.4. The lowest BCUT2D eigenvalue weighted by atomic mass is 9.70. The molecule has 1 aromatic carbocycles. The summed E-state index contributed by atoms with van der Waals surface area (Å²) >= 11 is 12.3. The first-order chi connectivity index (χ1) is 7.55. The summed E-state index contributed by atoms with van der Waals surface area (Å²) in [5.74, 6) is 0.456. The van der Waals surface area contributed by atoms with Crippen LogP contribution in [0.4, 0.5) is 0 Å². The fourth-order valence-electron chi connectivity index (χ4n) is 2.64. The van der Waals surface area contributed by atoms with Gasteiger partial charge in [-0.05, 0) is 30.4 Å². The molecule has 1 aromatic rings. The van der Waals surface area contributed by atoms with Gasteiger partial charge in [0.15, 0.2) is 0 Å². The van der Waals surface area contributed by atoms with Gasteiger partial charge in [-0.3, -0.25) is 0 Å². The highest BCUT2D eigenvalue weighted by atomic mass is 35.5. The maximum absolute atomic E-state index is 6.55. The minimum absolute atomic E-state index is 0.305. The Kier molecular flexibility index (Phi) is 3.48. The Morgan fingerprint density at radius 2 is 2.06 bits per heavy atom. The smallest absolute Gasteiger partial charge is 0.0642 e. The standard InChI is InChI=1S/C13H17Cl2N/c1-9-5-2-3-8-13(9,16)10-6-4-7-11(14)12(10)15/h4,6-7,9H,2-3,5,8,16H2,1H3. The molecule has 0 spiro atoms. The maximum atomic E-state index is 6.55. The number of nitrogens with two attached hydrogens (primary N) is 1. The molecule has 0 radical (unpaired) electrons. The number of hydrogen-bond acceptors (Lipinski definition) is 1. The summed E-state index contributed by atoms with van der Waals surface area (Å²) in [5.41, 5.74) is 7.25. The van der Waals surface area contributed by atoms with Gasteiger partial charge >= 0.3 is 0 Å². The third-order valence-corrected chi connectivity index (χ3v) is 4.63. The molecule has 1 fully saturated rings. The average molecular weight is 258 g/mol. The molecule has 0 aromatic heterocycles. The highest BCUT2D eigenvalue weighted by Gasteiger charge is 2.37. The molecule has 0 heterocycles. The lowest BCUT2D eigenvalue weighted by molar-refractivity contribution is 0.207. The first-order valence-corrected chi connectivity index (χ1v) is 6.54. The highest BCUT2D eigenvalue weighted by molar-refractivity contribution is 6.42. The number of halogens is 2. The van der Waals surface area contributed by atoms with E-state index in [4.69, 9.17) is 28.9 Å². The highest BCUT2D eigenvalue weighted by Crippen LogP contribution is 2.43. The molecule has 0 bridgehead atoms. The van der Waals surface area contributed by atoms with E-state index >= 15 is 0 Å². The van der Waals surface area contributed by atoms with Gasteiger partial charge in [0, 0.05) is 5.54 Å². The van der Waals surface area contributed by atoms with Crippen molar-refractivity contribution < 1.29 is 0 Å². The molecule has 0 amide bonds.